The molecule has 3 rings (SSSR count). The lowest BCUT2D eigenvalue weighted by atomic mass is 10.1. The van der Waals surface area contributed by atoms with Gasteiger partial charge in [0.05, 0.1) is 18.7 Å². The second kappa shape index (κ2) is 5.67. The molecule has 2 unspecified atom stereocenters. The number of benzene rings is 1. The zero-order valence-electron chi connectivity index (χ0n) is 12.0. The van der Waals surface area contributed by atoms with Crippen molar-refractivity contribution in [1.82, 2.24) is 9.55 Å². The molecular weight excluding hydrogens is 250 g/mol. The van der Waals surface area contributed by atoms with Gasteiger partial charge in [0.1, 0.15) is 0 Å². The SMILES string of the molecule is COCC(C)n1ccnc1NC1CCc2ccccc21. The van der Waals surface area contributed by atoms with Crippen LogP contribution in [0.4, 0.5) is 5.95 Å². The molecule has 2 aromatic rings. The van der Waals surface area contributed by atoms with E-state index in [9.17, 15) is 0 Å². The Morgan fingerprint density at radius 3 is 3.15 bits per heavy atom. The predicted octanol–water partition coefficient (Wildman–Crippen LogP) is 3.19. The zero-order chi connectivity index (χ0) is 13.9. The van der Waals surface area contributed by atoms with E-state index in [1.54, 1.807) is 7.11 Å². The van der Waals surface area contributed by atoms with Gasteiger partial charge in [-0.15, -0.1) is 0 Å². The topological polar surface area (TPSA) is 39.1 Å². The Labute approximate surface area is 119 Å². The molecule has 0 saturated heterocycles. The van der Waals surface area contributed by atoms with Crippen LogP contribution in [-0.4, -0.2) is 23.3 Å². The van der Waals surface area contributed by atoms with Crippen molar-refractivity contribution in [2.24, 2.45) is 0 Å². The molecule has 2 atom stereocenters. The van der Waals surface area contributed by atoms with E-state index in [2.05, 4.69) is 46.1 Å². The second-order valence-corrected chi connectivity index (χ2v) is 5.40. The summed E-state index contributed by atoms with van der Waals surface area (Å²) in [6, 6.07) is 9.30. The van der Waals surface area contributed by atoms with E-state index in [0.717, 1.165) is 18.8 Å². The van der Waals surface area contributed by atoms with Gasteiger partial charge in [-0.2, -0.15) is 0 Å². The number of methoxy groups -OCH3 is 1. The fraction of sp³-hybridized carbons (Fsp3) is 0.438. The van der Waals surface area contributed by atoms with Gasteiger partial charge in [0, 0.05) is 19.5 Å². The number of hydrogen-bond acceptors (Lipinski definition) is 3. The third-order valence-corrected chi connectivity index (χ3v) is 3.99. The highest BCUT2D eigenvalue weighted by molar-refractivity contribution is 5.41. The molecule has 0 saturated carbocycles. The molecule has 1 N–H and O–H groups in total. The summed E-state index contributed by atoms with van der Waals surface area (Å²) >= 11 is 0. The molecule has 1 aliphatic rings. The maximum Gasteiger partial charge on any atom is 0.203 e. The number of aryl methyl sites for hydroxylation is 1. The standard InChI is InChI=1S/C16H21N3O/c1-12(11-20-2)19-10-9-17-16(19)18-15-8-7-13-5-3-4-6-14(13)15/h3-6,9-10,12,15H,7-8,11H2,1-2H3,(H,17,18). The van der Waals surface area contributed by atoms with Crippen molar-refractivity contribution in [2.75, 3.05) is 19.0 Å². The van der Waals surface area contributed by atoms with Crippen LogP contribution in [0, 0.1) is 0 Å². The Morgan fingerprint density at radius 1 is 1.45 bits per heavy atom. The molecule has 1 heterocycles. The molecule has 0 amide bonds. The highest BCUT2D eigenvalue weighted by Crippen LogP contribution is 2.33. The third kappa shape index (κ3) is 2.43. The van der Waals surface area contributed by atoms with Crippen LogP contribution >= 0.6 is 0 Å². The average molecular weight is 271 g/mol. The Morgan fingerprint density at radius 2 is 2.30 bits per heavy atom. The largest absolute Gasteiger partial charge is 0.383 e. The van der Waals surface area contributed by atoms with E-state index >= 15 is 0 Å². The van der Waals surface area contributed by atoms with Crippen LogP contribution in [-0.2, 0) is 11.2 Å². The molecule has 4 heteroatoms. The van der Waals surface area contributed by atoms with Crippen molar-refractivity contribution in [3.63, 3.8) is 0 Å². The molecule has 0 fully saturated rings. The number of nitrogens with zero attached hydrogens (tertiary/aromatic N) is 2. The first-order valence-corrected chi connectivity index (χ1v) is 7.15. The molecule has 1 aromatic heterocycles. The van der Waals surface area contributed by atoms with Gasteiger partial charge in [0.15, 0.2) is 0 Å². The van der Waals surface area contributed by atoms with Gasteiger partial charge >= 0.3 is 0 Å². The van der Waals surface area contributed by atoms with E-state index < -0.39 is 0 Å². The van der Waals surface area contributed by atoms with Crippen molar-refractivity contribution in [1.29, 1.82) is 0 Å². The van der Waals surface area contributed by atoms with Crippen molar-refractivity contribution in [2.45, 2.75) is 31.8 Å². The summed E-state index contributed by atoms with van der Waals surface area (Å²) in [6.45, 7) is 2.82. The first-order chi connectivity index (χ1) is 9.79. The summed E-state index contributed by atoms with van der Waals surface area (Å²) < 4.78 is 7.38. The summed E-state index contributed by atoms with van der Waals surface area (Å²) in [5.41, 5.74) is 2.86. The number of aromatic nitrogens is 2. The molecule has 0 aliphatic heterocycles. The van der Waals surface area contributed by atoms with Gasteiger partial charge in [0.25, 0.3) is 0 Å². The quantitative estimate of drug-likeness (QED) is 0.907. The maximum atomic E-state index is 5.23. The summed E-state index contributed by atoms with van der Waals surface area (Å²) in [5.74, 6) is 0.927. The zero-order valence-corrected chi connectivity index (χ0v) is 12.0. The Bertz CT molecular complexity index is 579. The molecule has 1 aliphatic carbocycles. The van der Waals surface area contributed by atoms with Gasteiger partial charge in [-0.25, -0.2) is 4.98 Å². The van der Waals surface area contributed by atoms with Crippen LogP contribution in [0.25, 0.3) is 0 Å². The van der Waals surface area contributed by atoms with E-state index in [1.807, 2.05) is 12.4 Å². The minimum atomic E-state index is 0.279. The summed E-state index contributed by atoms with van der Waals surface area (Å²) in [7, 11) is 1.73. The summed E-state index contributed by atoms with van der Waals surface area (Å²) in [6.07, 6.45) is 6.12. The predicted molar refractivity (Wildman–Crippen MR) is 79.9 cm³/mol. The molecule has 1 aromatic carbocycles. The smallest absolute Gasteiger partial charge is 0.203 e. The van der Waals surface area contributed by atoms with Crippen LogP contribution in [0.2, 0.25) is 0 Å². The third-order valence-electron chi connectivity index (χ3n) is 3.99. The van der Waals surface area contributed by atoms with Crippen LogP contribution in [0.1, 0.15) is 36.6 Å². The minimum Gasteiger partial charge on any atom is -0.383 e. The Hall–Kier alpha value is -1.81. The van der Waals surface area contributed by atoms with Crippen molar-refractivity contribution in [3.05, 3.63) is 47.8 Å². The molecule has 20 heavy (non-hydrogen) atoms. The summed E-state index contributed by atoms with van der Waals surface area (Å²) in [4.78, 5) is 4.45. The average Bonchev–Trinajstić information content (AvgIpc) is 3.07. The summed E-state index contributed by atoms with van der Waals surface area (Å²) in [5, 5.41) is 3.58. The van der Waals surface area contributed by atoms with Crippen LogP contribution in [0.15, 0.2) is 36.7 Å². The molecule has 0 bridgehead atoms. The van der Waals surface area contributed by atoms with E-state index in [1.165, 1.54) is 11.1 Å². The molecule has 0 spiro atoms. The van der Waals surface area contributed by atoms with Crippen molar-refractivity contribution < 1.29 is 4.74 Å². The molecule has 106 valence electrons. The normalized spacial score (nSPS) is 18.8. The van der Waals surface area contributed by atoms with Crippen LogP contribution < -0.4 is 5.32 Å². The van der Waals surface area contributed by atoms with Crippen molar-refractivity contribution >= 4 is 5.95 Å². The van der Waals surface area contributed by atoms with Gasteiger partial charge in [-0.3, -0.25) is 0 Å². The Balaban J connectivity index is 1.78. The van der Waals surface area contributed by atoms with Crippen molar-refractivity contribution in [3.8, 4) is 0 Å². The number of fused-ring (bicyclic) bond motifs is 1. The highest BCUT2D eigenvalue weighted by atomic mass is 16.5. The first kappa shape index (κ1) is 13.2. The first-order valence-electron chi connectivity index (χ1n) is 7.15. The monoisotopic (exact) mass is 271 g/mol. The number of ether oxygens (including phenoxy) is 1. The van der Waals surface area contributed by atoms with Crippen LogP contribution in [0.3, 0.4) is 0 Å². The lowest BCUT2D eigenvalue weighted by molar-refractivity contribution is 0.163. The van der Waals surface area contributed by atoms with E-state index in [-0.39, 0.29) is 6.04 Å². The lowest BCUT2D eigenvalue weighted by Gasteiger charge is -2.19. The number of imidazole rings is 1. The minimum absolute atomic E-state index is 0.279. The molecule has 4 nitrogen and oxygen atoms in total. The van der Waals surface area contributed by atoms with Crippen LogP contribution in [0.5, 0.6) is 0 Å². The van der Waals surface area contributed by atoms with E-state index in [4.69, 9.17) is 4.74 Å². The Kier molecular flexibility index (Phi) is 3.74. The number of hydrogen-bond donors (Lipinski definition) is 1. The van der Waals surface area contributed by atoms with E-state index in [0.29, 0.717) is 12.6 Å². The number of nitrogens with one attached hydrogen (secondary N) is 1. The number of anilines is 1. The highest BCUT2D eigenvalue weighted by Gasteiger charge is 2.23. The fourth-order valence-corrected chi connectivity index (χ4v) is 2.96. The number of rotatable bonds is 5. The van der Waals surface area contributed by atoms with Gasteiger partial charge in [0.2, 0.25) is 5.95 Å². The van der Waals surface area contributed by atoms with Gasteiger partial charge in [-0.1, -0.05) is 24.3 Å². The molecular formula is C16H21N3O. The second-order valence-electron chi connectivity index (χ2n) is 5.40. The van der Waals surface area contributed by atoms with Gasteiger partial charge in [-0.05, 0) is 30.9 Å². The molecule has 0 radical (unpaired) electrons. The fourth-order valence-electron chi connectivity index (χ4n) is 2.96. The maximum absolute atomic E-state index is 5.23. The lowest BCUT2D eigenvalue weighted by Crippen LogP contribution is -2.16. The van der Waals surface area contributed by atoms with Gasteiger partial charge < -0.3 is 14.6 Å².